The smallest absolute Gasteiger partial charge is 0.258 e. The number of nitrogens with zero attached hydrogens (tertiary/aromatic N) is 1. The maximum absolute atomic E-state index is 11.9. The molecule has 0 radical (unpaired) electrons. The Balaban J connectivity index is 2.11. The quantitative estimate of drug-likeness (QED) is 0.938. The molecule has 2 rings (SSSR count). The van der Waals surface area contributed by atoms with Crippen molar-refractivity contribution < 1.29 is 9.32 Å². The molecule has 1 heterocycles. The molecule has 1 N–H and O–H groups in total. The molecule has 4 nitrogen and oxygen atoms in total. The molecule has 18 heavy (non-hydrogen) atoms. The van der Waals surface area contributed by atoms with Crippen LogP contribution in [0.25, 0.3) is 0 Å². The summed E-state index contributed by atoms with van der Waals surface area (Å²) in [5.41, 5.74) is 1.38. The molecule has 5 heteroatoms. The standard InChI is InChI=1S/C13H13BrN2O2/c1-8(2)11-7-12(18-16-11)15-13(17)9-4-3-5-10(14)6-9/h3-8H,1-2H3,(H,15,17). The summed E-state index contributed by atoms with van der Waals surface area (Å²) in [7, 11) is 0. The second kappa shape index (κ2) is 5.35. The summed E-state index contributed by atoms with van der Waals surface area (Å²) >= 11 is 3.32. The van der Waals surface area contributed by atoms with E-state index in [9.17, 15) is 4.79 Å². The van der Waals surface area contributed by atoms with Gasteiger partial charge in [0.05, 0.1) is 5.69 Å². The summed E-state index contributed by atoms with van der Waals surface area (Å²) in [5.74, 6) is 0.414. The van der Waals surface area contributed by atoms with E-state index in [0.29, 0.717) is 11.4 Å². The summed E-state index contributed by atoms with van der Waals surface area (Å²) < 4.78 is 5.91. The van der Waals surface area contributed by atoms with Gasteiger partial charge in [0.2, 0.25) is 5.88 Å². The lowest BCUT2D eigenvalue weighted by molar-refractivity contribution is 0.102. The van der Waals surface area contributed by atoms with Crippen molar-refractivity contribution in [2.75, 3.05) is 5.32 Å². The molecule has 2 aromatic rings. The number of halogens is 1. The van der Waals surface area contributed by atoms with Crippen LogP contribution >= 0.6 is 15.9 Å². The van der Waals surface area contributed by atoms with Crippen LogP contribution < -0.4 is 5.32 Å². The average molecular weight is 309 g/mol. The summed E-state index contributed by atoms with van der Waals surface area (Å²) in [6, 6.07) is 8.89. The number of hydrogen-bond donors (Lipinski definition) is 1. The number of anilines is 1. The highest BCUT2D eigenvalue weighted by molar-refractivity contribution is 9.10. The molecular formula is C13H13BrN2O2. The van der Waals surface area contributed by atoms with E-state index in [-0.39, 0.29) is 11.8 Å². The molecule has 0 fully saturated rings. The minimum atomic E-state index is -0.220. The van der Waals surface area contributed by atoms with Crippen molar-refractivity contribution in [2.45, 2.75) is 19.8 Å². The van der Waals surface area contributed by atoms with E-state index in [2.05, 4.69) is 26.4 Å². The van der Waals surface area contributed by atoms with Crippen LogP contribution in [0.5, 0.6) is 0 Å². The number of amides is 1. The van der Waals surface area contributed by atoms with Crippen molar-refractivity contribution in [3.8, 4) is 0 Å². The number of benzene rings is 1. The van der Waals surface area contributed by atoms with Crippen LogP contribution in [0.3, 0.4) is 0 Å². The van der Waals surface area contributed by atoms with Gasteiger partial charge in [-0.15, -0.1) is 0 Å². The van der Waals surface area contributed by atoms with Gasteiger partial charge < -0.3 is 4.52 Å². The van der Waals surface area contributed by atoms with Crippen LogP contribution in [0.1, 0.15) is 35.8 Å². The molecule has 1 amide bonds. The van der Waals surface area contributed by atoms with Crippen LogP contribution in [-0.2, 0) is 0 Å². The molecule has 0 unspecified atom stereocenters. The van der Waals surface area contributed by atoms with E-state index in [1.165, 1.54) is 0 Å². The fraction of sp³-hybridized carbons (Fsp3) is 0.231. The zero-order chi connectivity index (χ0) is 13.1. The molecule has 0 saturated carbocycles. The first-order valence-corrected chi connectivity index (χ1v) is 6.39. The predicted octanol–water partition coefficient (Wildman–Crippen LogP) is 3.81. The van der Waals surface area contributed by atoms with Gasteiger partial charge in [-0.25, -0.2) is 0 Å². The summed E-state index contributed by atoms with van der Waals surface area (Å²) in [6.45, 7) is 4.02. The molecule has 0 aliphatic carbocycles. The molecule has 0 aliphatic heterocycles. The Morgan fingerprint density at radius 1 is 1.39 bits per heavy atom. The zero-order valence-corrected chi connectivity index (χ0v) is 11.7. The number of hydrogen-bond acceptors (Lipinski definition) is 3. The SMILES string of the molecule is CC(C)c1cc(NC(=O)c2cccc(Br)c2)on1. The van der Waals surface area contributed by atoms with Gasteiger partial charge in [0.15, 0.2) is 0 Å². The molecule has 1 aromatic carbocycles. The van der Waals surface area contributed by atoms with Gasteiger partial charge in [-0.2, -0.15) is 0 Å². The van der Waals surface area contributed by atoms with Gasteiger partial charge in [-0.05, 0) is 24.1 Å². The van der Waals surface area contributed by atoms with Crippen LogP contribution in [0.15, 0.2) is 39.3 Å². The van der Waals surface area contributed by atoms with Gasteiger partial charge in [-0.3, -0.25) is 10.1 Å². The van der Waals surface area contributed by atoms with Gasteiger partial charge >= 0.3 is 0 Å². The lowest BCUT2D eigenvalue weighted by atomic mass is 10.1. The zero-order valence-electron chi connectivity index (χ0n) is 10.1. The van der Waals surface area contributed by atoms with Crippen molar-refractivity contribution in [2.24, 2.45) is 0 Å². The summed E-state index contributed by atoms with van der Waals surface area (Å²) in [4.78, 5) is 11.9. The summed E-state index contributed by atoms with van der Waals surface area (Å²) in [5, 5.41) is 6.55. The number of carbonyl (C=O) groups is 1. The average Bonchev–Trinajstić information content (AvgIpc) is 2.77. The molecule has 1 aromatic heterocycles. The predicted molar refractivity (Wildman–Crippen MR) is 72.7 cm³/mol. The minimum absolute atomic E-state index is 0.220. The van der Waals surface area contributed by atoms with Gasteiger partial charge in [0, 0.05) is 16.1 Å². The van der Waals surface area contributed by atoms with Crippen molar-refractivity contribution >= 4 is 27.7 Å². The Morgan fingerprint density at radius 3 is 2.78 bits per heavy atom. The molecule has 0 bridgehead atoms. The van der Waals surface area contributed by atoms with Crippen molar-refractivity contribution in [1.29, 1.82) is 0 Å². The Bertz CT molecular complexity index is 564. The molecule has 0 aliphatic rings. The normalized spacial score (nSPS) is 10.7. The number of rotatable bonds is 3. The highest BCUT2D eigenvalue weighted by Crippen LogP contribution is 2.18. The Hall–Kier alpha value is -1.62. The Kier molecular flexibility index (Phi) is 3.81. The molecular weight excluding hydrogens is 296 g/mol. The molecule has 0 saturated heterocycles. The summed E-state index contributed by atoms with van der Waals surface area (Å²) in [6.07, 6.45) is 0. The topological polar surface area (TPSA) is 55.1 Å². The second-order valence-electron chi connectivity index (χ2n) is 4.24. The molecule has 0 spiro atoms. The van der Waals surface area contributed by atoms with E-state index in [0.717, 1.165) is 10.2 Å². The maximum Gasteiger partial charge on any atom is 0.258 e. The largest absolute Gasteiger partial charge is 0.338 e. The fourth-order valence-corrected chi connectivity index (χ4v) is 1.83. The third-order valence-electron chi connectivity index (χ3n) is 2.44. The highest BCUT2D eigenvalue weighted by atomic mass is 79.9. The van der Waals surface area contributed by atoms with E-state index in [1.807, 2.05) is 19.9 Å². The lowest BCUT2D eigenvalue weighted by Gasteiger charge is -2.01. The first-order valence-electron chi connectivity index (χ1n) is 5.60. The minimum Gasteiger partial charge on any atom is -0.338 e. The first kappa shape index (κ1) is 12.8. The Morgan fingerprint density at radius 2 is 2.17 bits per heavy atom. The number of carbonyl (C=O) groups excluding carboxylic acids is 1. The fourth-order valence-electron chi connectivity index (χ4n) is 1.43. The van der Waals surface area contributed by atoms with E-state index >= 15 is 0 Å². The van der Waals surface area contributed by atoms with E-state index in [1.54, 1.807) is 24.3 Å². The molecule has 94 valence electrons. The number of aromatic nitrogens is 1. The first-order chi connectivity index (χ1) is 8.56. The number of nitrogens with one attached hydrogen (secondary N) is 1. The lowest BCUT2D eigenvalue weighted by Crippen LogP contribution is -2.11. The van der Waals surface area contributed by atoms with Crippen molar-refractivity contribution in [3.05, 3.63) is 46.1 Å². The molecule has 0 atom stereocenters. The highest BCUT2D eigenvalue weighted by Gasteiger charge is 2.11. The van der Waals surface area contributed by atoms with Crippen LogP contribution in [0.4, 0.5) is 5.88 Å². The monoisotopic (exact) mass is 308 g/mol. The van der Waals surface area contributed by atoms with Gasteiger partial charge in [0.25, 0.3) is 5.91 Å². The van der Waals surface area contributed by atoms with E-state index < -0.39 is 0 Å². The third-order valence-corrected chi connectivity index (χ3v) is 2.94. The Labute approximate surface area is 113 Å². The maximum atomic E-state index is 11.9. The van der Waals surface area contributed by atoms with Gasteiger partial charge in [0.1, 0.15) is 0 Å². The van der Waals surface area contributed by atoms with Gasteiger partial charge in [-0.1, -0.05) is 41.0 Å². The van der Waals surface area contributed by atoms with E-state index in [4.69, 9.17) is 4.52 Å². The third kappa shape index (κ3) is 2.98. The van der Waals surface area contributed by atoms with Crippen LogP contribution in [0, 0.1) is 0 Å². The van der Waals surface area contributed by atoms with Crippen LogP contribution in [0.2, 0.25) is 0 Å². The van der Waals surface area contributed by atoms with Crippen molar-refractivity contribution in [3.63, 3.8) is 0 Å². The van der Waals surface area contributed by atoms with Crippen LogP contribution in [-0.4, -0.2) is 11.1 Å². The second-order valence-corrected chi connectivity index (χ2v) is 5.15. The van der Waals surface area contributed by atoms with Crippen molar-refractivity contribution in [1.82, 2.24) is 5.16 Å².